The van der Waals surface area contributed by atoms with Gasteiger partial charge in [0.05, 0.1) is 0 Å². The molecule has 1 rings (SSSR count). The summed E-state index contributed by atoms with van der Waals surface area (Å²) in [5.74, 6) is -0.183. The first kappa shape index (κ1) is 15.8. The zero-order valence-electron chi connectivity index (χ0n) is 10.7. The van der Waals surface area contributed by atoms with E-state index in [0.717, 1.165) is 6.42 Å². The van der Waals surface area contributed by atoms with Crippen molar-refractivity contribution >= 4 is 0 Å². The molecule has 1 unspecified atom stereocenters. The fraction of sp³-hybridized carbons (Fsp3) is 0.538. The average molecular weight is 277 g/mol. The van der Waals surface area contributed by atoms with Crippen LogP contribution >= 0.6 is 0 Å². The minimum absolute atomic E-state index is 0.111. The van der Waals surface area contributed by atoms with E-state index in [2.05, 4.69) is 10.1 Å². The number of para-hydroxylation sites is 1. The van der Waals surface area contributed by atoms with Gasteiger partial charge < -0.3 is 15.2 Å². The van der Waals surface area contributed by atoms with E-state index in [-0.39, 0.29) is 18.4 Å². The lowest BCUT2D eigenvalue weighted by Gasteiger charge is -2.16. The summed E-state index contributed by atoms with van der Waals surface area (Å²) in [6, 6.07) is 6.17. The molecule has 0 bridgehead atoms. The molecule has 0 aliphatic rings. The van der Waals surface area contributed by atoms with Crippen molar-refractivity contribution in [2.24, 2.45) is 0 Å². The molecule has 0 heterocycles. The van der Waals surface area contributed by atoms with Crippen molar-refractivity contribution in [2.75, 3.05) is 6.61 Å². The number of hydrogen-bond acceptors (Lipinski definition) is 3. The Morgan fingerprint density at radius 1 is 1.32 bits per heavy atom. The zero-order valence-corrected chi connectivity index (χ0v) is 10.7. The first-order valence-corrected chi connectivity index (χ1v) is 6.10. The number of benzene rings is 1. The Bertz CT molecular complexity index is 382. The van der Waals surface area contributed by atoms with E-state index in [1.807, 2.05) is 6.92 Å². The number of aliphatic hydroxyl groups is 1. The molecule has 1 atom stereocenters. The number of halogens is 3. The number of aliphatic hydroxyl groups excluding tert-OH is 1. The van der Waals surface area contributed by atoms with Crippen LogP contribution in [0.1, 0.15) is 25.3 Å². The van der Waals surface area contributed by atoms with Crippen molar-refractivity contribution in [3.8, 4) is 5.75 Å². The highest BCUT2D eigenvalue weighted by molar-refractivity contribution is 5.33. The Morgan fingerprint density at radius 2 is 2.00 bits per heavy atom. The summed E-state index contributed by atoms with van der Waals surface area (Å²) in [5, 5.41) is 11.8. The van der Waals surface area contributed by atoms with Crippen molar-refractivity contribution in [1.82, 2.24) is 5.32 Å². The Kier molecular flexibility index (Phi) is 6.11. The average Bonchev–Trinajstić information content (AvgIpc) is 2.33. The highest BCUT2D eigenvalue weighted by Crippen LogP contribution is 2.26. The molecule has 6 heteroatoms. The largest absolute Gasteiger partial charge is 0.573 e. The lowest BCUT2D eigenvalue weighted by atomic mass is 10.1. The molecule has 0 radical (unpaired) electrons. The summed E-state index contributed by atoms with van der Waals surface area (Å²) < 4.78 is 40.6. The molecule has 1 aromatic rings. The van der Waals surface area contributed by atoms with Gasteiger partial charge in [0, 0.05) is 24.8 Å². The van der Waals surface area contributed by atoms with E-state index in [4.69, 9.17) is 5.11 Å². The highest BCUT2D eigenvalue weighted by Gasteiger charge is 2.31. The minimum atomic E-state index is -4.68. The van der Waals surface area contributed by atoms with Crippen LogP contribution in [-0.4, -0.2) is 24.1 Å². The second kappa shape index (κ2) is 7.35. The van der Waals surface area contributed by atoms with Crippen LogP contribution < -0.4 is 10.1 Å². The maximum absolute atomic E-state index is 12.2. The quantitative estimate of drug-likeness (QED) is 0.805. The summed E-state index contributed by atoms with van der Waals surface area (Å²) in [5.41, 5.74) is 0.454. The van der Waals surface area contributed by atoms with Gasteiger partial charge in [-0.2, -0.15) is 0 Å². The molecule has 0 aliphatic heterocycles. The van der Waals surface area contributed by atoms with Crippen LogP contribution in [0.2, 0.25) is 0 Å². The molecular formula is C13H18F3NO2. The monoisotopic (exact) mass is 277 g/mol. The van der Waals surface area contributed by atoms with Crippen LogP contribution in [0.25, 0.3) is 0 Å². The van der Waals surface area contributed by atoms with Crippen LogP contribution in [0.4, 0.5) is 13.2 Å². The molecule has 0 aromatic heterocycles. The lowest BCUT2D eigenvalue weighted by molar-refractivity contribution is -0.274. The van der Waals surface area contributed by atoms with Gasteiger partial charge >= 0.3 is 6.36 Å². The first-order chi connectivity index (χ1) is 8.92. The minimum Gasteiger partial charge on any atom is -0.405 e. The molecule has 108 valence electrons. The van der Waals surface area contributed by atoms with Gasteiger partial charge in [-0.25, -0.2) is 0 Å². The van der Waals surface area contributed by atoms with Crippen LogP contribution in [0, 0.1) is 0 Å². The second-order valence-electron chi connectivity index (χ2n) is 4.30. The molecule has 19 heavy (non-hydrogen) atoms. The number of nitrogens with one attached hydrogen (secondary N) is 1. The third-order valence-corrected chi connectivity index (χ3v) is 2.63. The smallest absolute Gasteiger partial charge is 0.405 e. The lowest BCUT2D eigenvalue weighted by Crippen LogP contribution is -2.26. The van der Waals surface area contributed by atoms with Gasteiger partial charge in [-0.05, 0) is 25.8 Å². The Balaban J connectivity index is 2.58. The molecule has 3 nitrogen and oxygen atoms in total. The van der Waals surface area contributed by atoms with Crippen LogP contribution in [0.15, 0.2) is 24.3 Å². The fourth-order valence-corrected chi connectivity index (χ4v) is 1.66. The number of alkyl halides is 3. The van der Waals surface area contributed by atoms with Gasteiger partial charge in [0.15, 0.2) is 0 Å². The normalized spacial score (nSPS) is 13.3. The molecule has 0 spiro atoms. The standard InChI is InChI=1S/C13H18F3NO2/c1-10(5-4-8-18)17-9-11-6-2-3-7-12(11)19-13(14,15)16/h2-3,6-7,10,17-18H,4-5,8-9H2,1H3. The molecule has 1 aromatic carbocycles. The van der Waals surface area contributed by atoms with Crippen molar-refractivity contribution in [1.29, 1.82) is 0 Å². The predicted octanol–water partition coefficient (Wildman–Crippen LogP) is 2.84. The van der Waals surface area contributed by atoms with Gasteiger partial charge in [0.1, 0.15) is 5.75 Å². The maximum atomic E-state index is 12.2. The van der Waals surface area contributed by atoms with Gasteiger partial charge in [-0.3, -0.25) is 0 Å². The molecule has 0 amide bonds. The van der Waals surface area contributed by atoms with Crippen molar-refractivity contribution in [3.05, 3.63) is 29.8 Å². The number of ether oxygens (including phenoxy) is 1. The summed E-state index contributed by atoms with van der Waals surface area (Å²) in [6.07, 6.45) is -3.26. The third kappa shape index (κ3) is 6.45. The second-order valence-corrected chi connectivity index (χ2v) is 4.30. The van der Waals surface area contributed by atoms with Gasteiger partial charge in [-0.1, -0.05) is 18.2 Å². The number of hydrogen-bond donors (Lipinski definition) is 2. The molecule has 2 N–H and O–H groups in total. The summed E-state index contributed by atoms with van der Waals surface area (Å²) >= 11 is 0. The molecule has 0 saturated heterocycles. The Labute approximate surface area is 110 Å². The van der Waals surface area contributed by atoms with E-state index >= 15 is 0 Å². The topological polar surface area (TPSA) is 41.5 Å². The van der Waals surface area contributed by atoms with Crippen LogP contribution in [0.3, 0.4) is 0 Å². The fourth-order valence-electron chi connectivity index (χ4n) is 1.66. The Hall–Kier alpha value is -1.27. The van der Waals surface area contributed by atoms with Crippen molar-refractivity contribution < 1.29 is 23.0 Å². The highest BCUT2D eigenvalue weighted by atomic mass is 19.4. The molecule has 0 aliphatic carbocycles. The van der Waals surface area contributed by atoms with E-state index in [9.17, 15) is 13.2 Å². The third-order valence-electron chi connectivity index (χ3n) is 2.63. The molecular weight excluding hydrogens is 259 g/mol. The van der Waals surface area contributed by atoms with E-state index in [0.29, 0.717) is 18.5 Å². The molecule has 0 saturated carbocycles. The maximum Gasteiger partial charge on any atom is 0.573 e. The molecule has 0 fully saturated rings. The van der Waals surface area contributed by atoms with Gasteiger partial charge in [0.25, 0.3) is 0 Å². The zero-order chi connectivity index (χ0) is 14.3. The SMILES string of the molecule is CC(CCCO)NCc1ccccc1OC(F)(F)F. The van der Waals surface area contributed by atoms with E-state index in [1.165, 1.54) is 12.1 Å². The first-order valence-electron chi connectivity index (χ1n) is 6.10. The van der Waals surface area contributed by atoms with E-state index in [1.54, 1.807) is 12.1 Å². The Morgan fingerprint density at radius 3 is 2.63 bits per heavy atom. The van der Waals surface area contributed by atoms with Gasteiger partial charge in [-0.15, -0.1) is 13.2 Å². The van der Waals surface area contributed by atoms with Crippen molar-refractivity contribution in [3.63, 3.8) is 0 Å². The summed E-state index contributed by atoms with van der Waals surface area (Å²) in [6.45, 7) is 2.32. The van der Waals surface area contributed by atoms with Crippen LogP contribution in [-0.2, 0) is 6.54 Å². The summed E-state index contributed by atoms with van der Waals surface area (Å²) in [7, 11) is 0. The van der Waals surface area contributed by atoms with Crippen molar-refractivity contribution in [2.45, 2.75) is 38.7 Å². The van der Waals surface area contributed by atoms with Gasteiger partial charge in [0.2, 0.25) is 0 Å². The van der Waals surface area contributed by atoms with E-state index < -0.39 is 6.36 Å². The summed E-state index contributed by atoms with van der Waals surface area (Å²) in [4.78, 5) is 0. The number of rotatable bonds is 7. The van der Waals surface area contributed by atoms with Crippen LogP contribution in [0.5, 0.6) is 5.75 Å². The predicted molar refractivity (Wildman–Crippen MR) is 65.7 cm³/mol.